The molecule has 82 valence electrons. The fourth-order valence-corrected chi connectivity index (χ4v) is 2.89. The van der Waals surface area contributed by atoms with Crippen molar-refractivity contribution in [2.24, 2.45) is 0 Å². The normalized spacial score (nSPS) is 12.8. The number of nitrogens with one attached hydrogen (secondary N) is 1. The molecule has 0 saturated heterocycles. The lowest BCUT2D eigenvalue weighted by atomic mass is 10.0. The molecule has 4 rings (SSSR count). The lowest BCUT2D eigenvalue weighted by Gasteiger charge is -2.04. The molecule has 0 fully saturated rings. The predicted octanol–water partition coefficient (Wildman–Crippen LogP) is 4.39. The number of fused-ring (bicyclic) bond motifs is 4. The summed E-state index contributed by atoms with van der Waals surface area (Å²) in [7, 11) is 0. The van der Waals surface area contributed by atoms with E-state index in [1.54, 1.807) is 0 Å². The average Bonchev–Trinajstić information content (AvgIpc) is 2.87. The summed E-state index contributed by atoms with van der Waals surface area (Å²) >= 11 is 6.04. The Bertz CT molecular complexity index is 740. The van der Waals surface area contributed by atoms with Gasteiger partial charge >= 0.3 is 0 Å². The average molecular weight is 240 g/mol. The molecule has 1 N–H and O–H groups in total. The van der Waals surface area contributed by atoms with E-state index in [1.165, 1.54) is 33.0 Å². The maximum absolute atomic E-state index is 6.04. The maximum atomic E-state index is 6.04. The van der Waals surface area contributed by atoms with Gasteiger partial charge in [0, 0.05) is 29.4 Å². The van der Waals surface area contributed by atoms with Crippen LogP contribution in [0, 0.1) is 0 Å². The summed E-state index contributed by atoms with van der Waals surface area (Å²) in [6, 6.07) is 10.6. The van der Waals surface area contributed by atoms with Gasteiger partial charge in [0.15, 0.2) is 0 Å². The van der Waals surface area contributed by atoms with E-state index < -0.39 is 0 Å². The molecule has 2 aromatic carbocycles. The number of aromatic nitrogens is 1. The molecule has 1 aliphatic rings. The van der Waals surface area contributed by atoms with Gasteiger partial charge in [-0.15, -0.1) is 0 Å². The SMILES string of the molecule is Clc1ccc2cc3c(cc2c1)-c1c[nH]cc1C3. The van der Waals surface area contributed by atoms with Crippen molar-refractivity contribution in [1.29, 1.82) is 0 Å². The molecule has 3 aromatic rings. The van der Waals surface area contributed by atoms with Crippen LogP contribution in [0.2, 0.25) is 5.02 Å². The van der Waals surface area contributed by atoms with E-state index in [0.717, 1.165) is 11.4 Å². The number of benzene rings is 2. The first-order valence-electron chi connectivity index (χ1n) is 5.69. The van der Waals surface area contributed by atoms with Gasteiger partial charge in [-0.25, -0.2) is 0 Å². The second-order valence-corrected chi connectivity index (χ2v) is 5.01. The van der Waals surface area contributed by atoms with Gasteiger partial charge in [0.05, 0.1) is 0 Å². The van der Waals surface area contributed by atoms with E-state index in [9.17, 15) is 0 Å². The van der Waals surface area contributed by atoms with Crippen LogP contribution < -0.4 is 0 Å². The topological polar surface area (TPSA) is 15.8 Å². The van der Waals surface area contributed by atoms with Crippen molar-refractivity contribution in [2.45, 2.75) is 6.42 Å². The van der Waals surface area contributed by atoms with Crippen LogP contribution in [0.4, 0.5) is 0 Å². The van der Waals surface area contributed by atoms with Gasteiger partial charge in [-0.1, -0.05) is 23.7 Å². The molecular formula is C15H10ClN. The van der Waals surface area contributed by atoms with E-state index in [4.69, 9.17) is 11.6 Å². The first-order valence-corrected chi connectivity index (χ1v) is 6.07. The molecule has 0 radical (unpaired) electrons. The lowest BCUT2D eigenvalue weighted by molar-refractivity contribution is 1.25. The zero-order chi connectivity index (χ0) is 11.4. The Morgan fingerprint density at radius 3 is 2.76 bits per heavy atom. The van der Waals surface area contributed by atoms with Crippen molar-refractivity contribution in [3.8, 4) is 11.1 Å². The summed E-state index contributed by atoms with van der Waals surface area (Å²) in [5, 5.41) is 3.28. The minimum Gasteiger partial charge on any atom is -0.367 e. The van der Waals surface area contributed by atoms with Crippen LogP contribution in [0.3, 0.4) is 0 Å². The van der Waals surface area contributed by atoms with Gasteiger partial charge < -0.3 is 4.98 Å². The van der Waals surface area contributed by atoms with E-state index in [2.05, 4.69) is 35.6 Å². The van der Waals surface area contributed by atoms with Crippen LogP contribution >= 0.6 is 11.6 Å². The fourth-order valence-electron chi connectivity index (χ4n) is 2.71. The standard InChI is InChI=1S/C15H10ClN/c16-13-2-1-9-3-11-4-12-7-17-8-15(12)14(11)6-10(9)5-13/h1-3,5-8,17H,4H2. The second kappa shape index (κ2) is 3.14. The molecule has 1 heterocycles. The molecule has 17 heavy (non-hydrogen) atoms. The summed E-state index contributed by atoms with van der Waals surface area (Å²) in [5.41, 5.74) is 5.48. The number of hydrogen-bond acceptors (Lipinski definition) is 0. The second-order valence-electron chi connectivity index (χ2n) is 4.57. The molecule has 0 aliphatic heterocycles. The van der Waals surface area contributed by atoms with Gasteiger partial charge in [-0.3, -0.25) is 0 Å². The lowest BCUT2D eigenvalue weighted by Crippen LogP contribution is -1.82. The van der Waals surface area contributed by atoms with Crippen LogP contribution in [0.1, 0.15) is 11.1 Å². The van der Waals surface area contributed by atoms with Gasteiger partial charge in [0.1, 0.15) is 0 Å². The third-order valence-corrected chi connectivity index (χ3v) is 3.76. The zero-order valence-electron chi connectivity index (χ0n) is 9.13. The Labute approximate surface area is 104 Å². The van der Waals surface area contributed by atoms with E-state index in [1.807, 2.05) is 12.1 Å². The Morgan fingerprint density at radius 2 is 1.82 bits per heavy atom. The Morgan fingerprint density at radius 1 is 0.882 bits per heavy atom. The summed E-state index contributed by atoms with van der Waals surface area (Å²) < 4.78 is 0. The minimum atomic E-state index is 0.796. The molecule has 0 atom stereocenters. The Kier molecular flexibility index (Phi) is 1.72. The van der Waals surface area contributed by atoms with Crippen LogP contribution in [-0.2, 0) is 6.42 Å². The molecule has 0 unspecified atom stereocenters. The molecule has 0 saturated carbocycles. The molecular weight excluding hydrogens is 230 g/mol. The number of aromatic amines is 1. The number of H-pyrrole nitrogens is 1. The van der Waals surface area contributed by atoms with E-state index >= 15 is 0 Å². The van der Waals surface area contributed by atoms with Gasteiger partial charge in [0.25, 0.3) is 0 Å². The Balaban J connectivity index is 2.07. The predicted molar refractivity (Wildman–Crippen MR) is 71.6 cm³/mol. The van der Waals surface area contributed by atoms with Gasteiger partial charge in [-0.2, -0.15) is 0 Å². The first-order chi connectivity index (χ1) is 8.31. The third-order valence-electron chi connectivity index (χ3n) is 3.53. The molecule has 0 bridgehead atoms. The highest BCUT2D eigenvalue weighted by atomic mass is 35.5. The maximum Gasteiger partial charge on any atom is 0.0412 e. The zero-order valence-corrected chi connectivity index (χ0v) is 9.88. The van der Waals surface area contributed by atoms with Crippen molar-refractivity contribution in [3.63, 3.8) is 0 Å². The van der Waals surface area contributed by atoms with E-state index in [-0.39, 0.29) is 0 Å². The molecule has 2 heteroatoms. The molecule has 1 aromatic heterocycles. The van der Waals surface area contributed by atoms with Crippen LogP contribution in [0.15, 0.2) is 42.7 Å². The highest BCUT2D eigenvalue weighted by Gasteiger charge is 2.19. The van der Waals surface area contributed by atoms with E-state index in [0.29, 0.717) is 0 Å². The minimum absolute atomic E-state index is 0.796. The fraction of sp³-hybridized carbons (Fsp3) is 0.0667. The number of halogens is 1. The highest BCUT2D eigenvalue weighted by Crippen LogP contribution is 2.39. The number of rotatable bonds is 0. The summed E-state index contributed by atoms with van der Waals surface area (Å²) in [5.74, 6) is 0. The molecule has 0 amide bonds. The van der Waals surface area contributed by atoms with Crippen molar-refractivity contribution in [1.82, 2.24) is 4.98 Å². The summed E-state index contributed by atoms with van der Waals surface area (Å²) in [4.78, 5) is 3.17. The largest absolute Gasteiger partial charge is 0.367 e. The third kappa shape index (κ3) is 1.26. The molecule has 1 aliphatic carbocycles. The Hall–Kier alpha value is -1.73. The van der Waals surface area contributed by atoms with Crippen molar-refractivity contribution in [3.05, 3.63) is 58.9 Å². The summed E-state index contributed by atoms with van der Waals surface area (Å²) in [6.45, 7) is 0. The van der Waals surface area contributed by atoms with Crippen molar-refractivity contribution in [2.75, 3.05) is 0 Å². The molecule has 1 nitrogen and oxygen atoms in total. The first kappa shape index (κ1) is 9.32. The van der Waals surface area contributed by atoms with Crippen molar-refractivity contribution < 1.29 is 0 Å². The molecule has 0 spiro atoms. The van der Waals surface area contributed by atoms with Crippen LogP contribution in [0.5, 0.6) is 0 Å². The van der Waals surface area contributed by atoms with Crippen LogP contribution in [-0.4, -0.2) is 4.98 Å². The van der Waals surface area contributed by atoms with Crippen molar-refractivity contribution >= 4 is 22.4 Å². The monoisotopic (exact) mass is 239 g/mol. The summed E-state index contributed by atoms with van der Waals surface area (Å²) in [6.07, 6.45) is 5.21. The smallest absolute Gasteiger partial charge is 0.0412 e. The van der Waals surface area contributed by atoms with Gasteiger partial charge in [0.2, 0.25) is 0 Å². The van der Waals surface area contributed by atoms with Gasteiger partial charge in [-0.05, 0) is 45.7 Å². The van der Waals surface area contributed by atoms with Crippen LogP contribution in [0.25, 0.3) is 21.9 Å². The number of hydrogen-bond donors (Lipinski definition) is 1. The highest BCUT2D eigenvalue weighted by molar-refractivity contribution is 6.31. The quantitative estimate of drug-likeness (QED) is 0.468.